The van der Waals surface area contributed by atoms with Crippen LogP contribution in [0.4, 0.5) is 0 Å². The maximum Gasteiger partial charge on any atom is 0.0538 e. The molecule has 0 amide bonds. The normalized spacial score (nSPS) is 26.7. The van der Waals surface area contributed by atoms with Gasteiger partial charge in [-0.2, -0.15) is 0 Å². The molecule has 2 N–H and O–H groups in total. The van der Waals surface area contributed by atoms with Crippen molar-refractivity contribution >= 4 is 11.6 Å². The van der Waals surface area contributed by atoms with E-state index in [1.807, 2.05) is 12.1 Å². The predicted molar refractivity (Wildman–Crippen MR) is 57.6 cm³/mol. The molecule has 2 unspecified atom stereocenters. The van der Waals surface area contributed by atoms with E-state index < -0.39 is 0 Å². The lowest BCUT2D eigenvalue weighted by atomic mass is 9.89. The summed E-state index contributed by atoms with van der Waals surface area (Å²) in [4.78, 5) is 0. The molecule has 0 saturated carbocycles. The lowest BCUT2D eigenvalue weighted by Gasteiger charge is -2.15. The van der Waals surface area contributed by atoms with Crippen LogP contribution in [-0.2, 0) is 4.74 Å². The minimum absolute atomic E-state index is 0.442. The second-order valence-corrected chi connectivity index (χ2v) is 4.13. The molecule has 2 nitrogen and oxygen atoms in total. The molecule has 1 aromatic carbocycles. The van der Waals surface area contributed by atoms with Crippen molar-refractivity contribution in [3.05, 3.63) is 34.9 Å². The summed E-state index contributed by atoms with van der Waals surface area (Å²) in [6.45, 7) is 2.25. The molecule has 76 valence electrons. The van der Waals surface area contributed by atoms with Gasteiger partial charge in [0.1, 0.15) is 0 Å². The highest BCUT2D eigenvalue weighted by Crippen LogP contribution is 2.30. The molecule has 1 aliphatic heterocycles. The van der Waals surface area contributed by atoms with Gasteiger partial charge in [0.15, 0.2) is 0 Å². The van der Waals surface area contributed by atoms with Gasteiger partial charge in [0, 0.05) is 16.9 Å². The van der Waals surface area contributed by atoms with E-state index in [0.29, 0.717) is 18.4 Å². The first kappa shape index (κ1) is 9.97. The van der Waals surface area contributed by atoms with Crippen LogP contribution in [-0.4, -0.2) is 19.8 Å². The Morgan fingerprint density at radius 3 is 2.64 bits per heavy atom. The number of nitrogens with two attached hydrogens (primary N) is 1. The fourth-order valence-electron chi connectivity index (χ4n) is 1.91. The zero-order valence-corrected chi connectivity index (χ0v) is 8.70. The lowest BCUT2D eigenvalue weighted by molar-refractivity contribution is 0.185. The van der Waals surface area contributed by atoms with E-state index in [9.17, 15) is 0 Å². The second-order valence-electron chi connectivity index (χ2n) is 3.69. The molecule has 2 rings (SSSR count). The Hall–Kier alpha value is -0.570. The van der Waals surface area contributed by atoms with E-state index in [-0.39, 0.29) is 0 Å². The molecule has 0 radical (unpaired) electrons. The molecular weight excluding hydrogens is 198 g/mol. The summed E-state index contributed by atoms with van der Waals surface area (Å²) >= 11 is 5.83. The number of benzene rings is 1. The molecule has 1 saturated heterocycles. The zero-order valence-electron chi connectivity index (χ0n) is 7.95. The summed E-state index contributed by atoms with van der Waals surface area (Å²) in [7, 11) is 0. The second kappa shape index (κ2) is 4.30. The van der Waals surface area contributed by atoms with Crippen LogP contribution in [0.3, 0.4) is 0 Å². The van der Waals surface area contributed by atoms with Gasteiger partial charge in [0.25, 0.3) is 0 Å². The smallest absolute Gasteiger partial charge is 0.0538 e. The highest BCUT2D eigenvalue weighted by molar-refractivity contribution is 6.30. The molecule has 1 aromatic rings. The van der Waals surface area contributed by atoms with Gasteiger partial charge < -0.3 is 10.5 Å². The fraction of sp³-hybridized carbons (Fsp3) is 0.455. The Bertz CT molecular complexity index is 299. The number of rotatable bonds is 2. The Balaban J connectivity index is 2.17. The molecular formula is C11H14ClNO. The largest absolute Gasteiger partial charge is 0.380 e. The molecule has 1 heterocycles. The van der Waals surface area contributed by atoms with Crippen LogP contribution in [0.25, 0.3) is 0 Å². The fourth-order valence-corrected chi connectivity index (χ4v) is 2.04. The summed E-state index contributed by atoms with van der Waals surface area (Å²) in [5.74, 6) is 0.897. The van der Waals surface area contributed by atoms with Crippen molar-refractivity contribution < 1.29 is 4.74 Å². The van der Waals surface area contributed by atoms with Gasteiger partial charge in [-0.3, -0.25) is 0 Å². The van der Waals surface area contributed by atoms with Gasteiger partial charge in [-0.15, -0.1) is 0 Å². The number of ether oxygens (including phenoxy) is 1. The highest BCUT2D eigenvalue weighted by Gasteiger charge is 2.28. The molecule has 2 atom stereocenters. The Kier molecular flexibility index (Phi) is 3.06. The van der Waals surface area contributed by atoms with E-state index in [2.05, 4.69) is 12.1 Å². The lowest BCUT2D eigenvalue weighted by Crippen LogP contribution is -2.20. The Morgan fingerprint density at radius 1 is 1.29 bits per heavy atom. The summed E-state index contributed by atoms with van der Waals surface area (Å²) in [5.41, 5.74) is 6.97. The van der Waals surface area contributed by atoms with Gasteiger partial charge in [-0.25, -0.2) is 0 Å². The maximum absolute atomic E-state index is 5.83. The summed E-state index contributed by atoms with van der Waals surface area (Å²) in [6.07, 6.45) is 0. The predicted octanol–water partition coefficient (Wildman–Crippen LogP) is 2.03. The third-order valence-corrected chi connectivity index (χ3v) is 3.05. The number of hydrogen-bond donors (Lipinski definition) is 1. The Labute approximate surface area is 89.0 Å². The molecule has 3 heteroatoms. The molecule has 0 spiro atoms. The van der Waals surface area contributed by atoms with Crippen LogP contribution in [0.1, 0.15) is 11.5 Å². The molecule has 0 aliphatic carbocycles. The SMILES string of the molecule is NCC1COCC1c1ccc(Cl)cc1. The topological polar surface area (TPSA) is 35.2 Å². The van der Waals surface area contributed by atoms with E-state index in [0.717, 1.165) is 18.2 Å². The molecule has 14 heavy (non-hydrogen) atoms. The van der Waals surface area contributed by atoms with Crippen LogP contribution >= 0.6 is 11.6 Å². The third-order valence-electron chi connectivity index (χ3n) is 2.80. The van der Waals surface area contributed by atoms with Crippen molar-refractivity contribution in [1.82, 2.24) is 0 Å². The molecule has 1 fully saturated rings. The van der Waals surface area contributed by atoms with Crippen LogP contribution in [0.15, 0.2) is 24.3 Å². The first-order valence-electron chi connectivity index (χ1n) is 4.84. The van der Waals surface area contributed by atoms with Crippen molar-refractivity contribution in [2.75, 3.05) is 19.8 Å². The maximum atomic E-state index is 5.83. The van der Waals surface area contributed by atoms with Crippen LogP contribution in [0, 0.1) is 5.92 Å². The molecule has 1 aliphatic rings. The van der Waals surface area contributed by atoms with Crippen molar-refractivity contribution in [2.24, 2.45) is 11.7 Å². The van der Waals surface area contributed by atoms with E-state index in [1.165, 1.54) is 5.56 Å². The van der Waals surface area contributed by atoms with Crippen LogP contribution in [0.2, 0.25) is 5.02 Å². The Morgan fingerprint density at radius 2 is 2.00 bits per heavy atom. The van der Waals surface area contributed by atoms with Gasteiger partial charge in [-0.05, 0) is 24.2 Å². The van der Waals surface area contributed by atoms with E-state index in [4.69, 9.17) is 22.1 Å². The average molecular weight is 212 g/mol. The monoisotopic (exact) mass is 211 g/mol. The van der Waals surface area contributed by atoms with E-state index >= 15 is 0 Å². The number of halogens is 1. The van der Waals surface area contributed by atoms with Crippen LogP contribution < -0.4 is 5.73 Å². The number of hydrogen-bond acceptors (Lipinski definition) is 2. The summed E-state index contributed by atoms with van der Waals surface area (Å²) < 4.78 is 5.43. The molecule has 0 aromatic heterocycles. The third kappa shape index (κ3) is 1.92. The first-order valence-corrected chi connectivity index (χ1v) is 5.22. The molecule has 0 bridgehead atoms. The van der Waals surface area contributed by atoms with E-state index in [1.54, 1.807) is 0 Å². The minimum atomic E-state index is 0.442. The quantitative estimate of drug-likeness (QED) is 0.813. The standard InChI is InChI=1S/C11H14ClNO/c12-10-3-1-8(2-4-10)11-7-14-6-9(11)5-13/h1-4,9,11H,5-7,13H2. The zero-order chi connectivity index (χ0) is 9.97. The van der Waals surface area contributed by atoms with Crippen LogP contribution in [0.5, 0.6) is 0 Å². The van der Waals surface area contributed by atoms with Gasteiger partial charge in [0.2, 0.25) is 0 Å². The van der Waals surface area contributed by atoms with Gasteiger partial charge >= 0.3 is 0 Å². The average Bonchev–Trinajstić information content (AvgIpc) is 2.67. The van der Waals surface area contributed by atoms with Crippen molar-refractivity contribution in [3.63, 3.8) is 0 Å². The van der Waals surface area contributed by atoms with Crippen molar-refractivity contribution in [1.29, 1.82) is 0 Å². The summed E-state index contributed by atoms with van der Waals surface area (Å²) in [6, 6.07) is 7.96. The first-order chi connectivity index (χ1) is 6.81. The van der Waals surface area contributed by atoms with Crippen molar-refractivity contribution in [3.8, 4) is 0 Å². The van der Waals surface area contributed by atoms with Gasteiger partial charge in [0.05, 0.1) is 13.2 Å². The summed E-state index contributed by atoms with van der Waals surface area (Å²) in [5, 5.41) is 0.775. The highest BCUT2D eigenvalue weighted by atomic mass is 35.5. The van der Waals surface area contributed by atoms with Gasteiger partial charge in [-0.1, -0.05) is 23.7 Å². The van der Waals surface area contributed by atoms with Crippen molar-refractivity contribution in [2.45, 2.75) is 5.92 Å². The minimum Gasteiger partial charge on any atom is -0.380 e.